The van der Waals surface area contributed by atoms with Gasteiger partial charge in [-0.1, -0.05) is 0 Å². The molecule has 0 spiro atoms. The number of amides is 1. The van der Waals surface area contributed by atoms with E-state index < -0.39 is 0 Å². The number of aryl methyl sites for hydroxylation is 2. The second kappa shape index (κ2) is 10.0. The molecule has 33 heavy (non-hydrogen) atoms. The number of aromatic nitrogens is 3. The second-order valence-corrected chi connectivity index (χ2v) is 8.67. The maximum atomic E-state index is 12.6. The van der Waals surface area contributed by atoms with Gasteiger partial charge in [-0.2, -0.15) is 5.10 Å². The molecular formula is C25H32N6O2. The summed E-state index contributed by atoms with van der Waals surface area (Å²) < 4.78 is 7.00. The summed E-state index contributed by atoms with van der Waals surface area (Å²) in [7, 11) is 3.53. The number of rotatable bonds is 7. The average molecular weight is 449 g/mol. The first-order valence-corrected chi connectivity index (χ1v) is 11.3. The first kappa shape index (κ1) is 22.8. The SMILES string of the molecule is COc1ccc(Nc2cc(C)nc([C@H]3CCCN(CC(=O)Nc4cnn(C)c4C)C3)c2)cc1. The maximum Gasteiger partial charge on any atom is 0.238 e. The van der Waals surface area contributed by atoms with Crippen molar-refractivity contribution >= 4 is 23.0 Å². The van der Waals surface area contributed by atoms with Crippen LogP contribution < -0.4 is 15.4 Å². The lowest BCUT2D eigenvalue weighted by Gasteiger charge is -2.32. The molecule has 2 aromatic heterocycles. The Labute approximate surface area is 195 Å². The summed E-state index contributed by atoms with van der Waals surface area (Å²) in [4.78, 5) is 19.7. The predicted octanol–water partition coefficient (Wildman–Crippen LogP) is 4.00. The van der Waals surface area contributed by atoms with E-state index in [1.165, 1.54) is 0 Å². The molecular weight excluding hydrogens is 416 g/mol. The molecule has 0 radical (unpaired) electrons. The smallest absolute Gasteiger partial charge is 0.238 e. The summed E-state index contributed by atoms with van der Waals surface area (Å²) in [5.41, 5.74) is 5.78. The van der Waals surface area contributed by atoms with E-state index in [1.54, 1.807) is 18.0 Å². The molecule has 0 aliphatic carbocycles. The van der Waals surface area contributed by atoms with Crippen LogP contribution in [0.1, 0.15) is 35.8 Å². The van der Waals surface area contributed by atoms with Gasteiger partial charge in [0.2, 0.25) is 5.91 Å². The van der Waals surface area contributed by atoms with Crippen molar-refractivity contribution in [3.05, 3.63) is 59.7 Å². The molecule has 3 heterocycles. The van der Waals surface area contributed by atoms with Gasteiger partial charge in [0.25, 0.3) is 0 Å². The molecule has 1 amide bonds. The lowest BCUT2D eigenvalue weighted by Crippen LogP contribution is -2.40. The monoisotopic (exact) mass is 448 g/mol. The first-order chi connectivity index (χ1) is 15.9. The number of benzene rings is 1. The third kappa shape index (κ3) is 5.70. The fourth-order valence-electron chi connectivity index (χ4n) is 4.27. The van der Waals surface area contributed by atoms with Crippen LogP contribution in [0.4, 0.5) is 17.1 Å². The van der Waals surface area contributed by atoms with Crippen LogP contribution in [0.25, 0.3) is 0 Å². The fourth-order valence-corrected chi connectivity index (χ4v) is 4.27. The number of carbonyl (C=O) groups is 1. The summed E-state index contributed by atoms with van der Waals surface area (Å²) in [5.74, 6) is 1.12. The molecule has 8 nitrogen and oxygen atoms in total. The highest BCUT2D eigenvalue weighted by molar-refractivity contribution is 5.92. The minimum Gasteiger partial charge on any atom is -0.497 e. The van der Waals surface area contributed by atoms with Gasteiger partial charge in [0.15, 0.2) is 0 Å². The lowest BCUT2D eigenvalue weighted by molar-refractivity contribution is -0.117. The van der Waals surface area contributed by atoms with E-state index in [0.29, 0.717) is 12.5 Å². The highest BCUT2D eigenvalue weighted by Crippen LogP contribution is 2.29. The number of nitrogens with one attached hydrogen (secondary N) is 2. The minimum absolute atomic E-state index is 0.00851. The molecule has 174 valence electrons. The van der Waals surface area contributed by atoms with Crippen molar-refractivity contribution in [1.29, 1.82) is 0 Å². The number of nitrogens with zero attached hydrogens (tertiary/aromatic N) is 4. The van der Waals surface area contributed by atoms with Gasteiger partial charge in [-0.05, 0) is 69.6 Å². The van der Waals surface area contributed by atoms with Gasteiger partial charge in [0, 0.05) is 42.3 Å². The number of hydrogen-bond donors (Lipinski definition) is 2. The normalized spacial score (nSPS) is 16.4. The number of methoxy groups -OCH3 is 1. The third-order valence-corrected chi connectivity index (χ3v) is 6.15. The van der Waals surface area contributed by atoms with Crippen LogP contribution in [0.3, 0.4) is 0 Å². The van der Waals surface area contributed by atoms with Gasteiger partial charge < -0.3 is 15.4 Å². The van der Waals surface area contributed by atoms with E-state index in [2.05, 4.69) is 32.8 Å². The molecule has 1 aromatic carbocycles. The summed E-state index contributed by atoms with van der Waals surface area (Å²) >= 11 is 0. The molecule has 1 atom stereocenters. The van der Waals surface area contributed by atoms with Crippen LogP contribution in [-0.4, -0.2) is 52.3 Å². The van der Waals surface area contributed by atoms with Gasteiger partial charge in [-0.3, -0.25) is 19.4 Å². The molecule has 2 N–H and O–H groups in total. The predicted molar refractivity (Wildman–Crippen MR) is 130 cm³/mol. The number of likely N-dealkylation sites (tertiary alicyclic amines) is 1. The first-order valence-electron chi connectivity index (χ1n) is 11.3. The quantitative estimate of drug-likeness (QED) is 0.568. The van der Waals surface area contributed by atoms with Crippen molar-refractivity contribution in [3.63, 3.8) is 0 Å². The molecule has 4 rings (SSSR count). The molecule has 1 saturated heterocycles. The highest BCUT2D eigenvalue weighted by atomic mass is 16.5. The Morgan fingerprint density at radius 2 is 1.97 bits per heavy atom. The van der Waals surface area contributed by atoms with E-state index in [-0.39, 0.29) is 5.91 Å². The average Bonchev–Trinajstić information content (AvgIpc) is 3.11. The summed E-state index contributed by atoms with van der Waals surface area (Å²) in [6.07, 6.45) is 3.80. The van der Waals surface area contributed by atoms with Crippen molar-refractivity contribution in [3.8, 4) is 5.75 Å². The van der Waals surface area contributed by atoms with Crippen LogP contribution in [-0.2, 0) is 11.8 Å². The van der Waals surface area contributed by atoms with Crippen molar-refractivity contribution in [2.45, 2.75) is 32.6 Å². The topological polar surface area (TPSA) is 84.3 Å². The van der Waals surface area contributed by atoms with Crippen molar-refractivity contribution in [2.75, 3.05) is 37.4 Å². The number of carbonyl (C=O) groups excluding carboxylic acids is 1. The Hall–Kier alpha value is -3.39. The van der Waals surface area contributed by atoms with Crippen molar-refractivity contribution < 1.29 is 9.53 Å². The van der Waals surface area contributed by atoms with Gasteiger partial charge in [0.05, 0.1) is 31.2 Å². The lowest BCUT2D eigenvalue weighted by atomic mass is 9.93. The standard InChI is InChI=1S/C25H32N6O2/c1-17-12-21(28-20-7-9-22(33-4)10-8-20)13-23(27-17)19-6-5-11-31(15-19)16-25(32)29-24-14-26-30(3)18(24)2/h7-10,12-14,19H,5-6,11,15-16H2,1-4H3,(H,27,28)(H,29,32)/t19-/m0/s1. The zero-order chi connectivity index (χ0) is 23.4. The van der Waals surface area contributed by atoms with Gasteiger partial charge in [0.1, 0.15) is 5.75 Å². The van der Waals surface area contributed by atoms with E-state index in [4.69, 9.17) is 9.72 Å². The fraction of sp³-hybridized carbons (Fsp3) is 0.400. The summed E-state index contributed by atoms with van der Waals surface area (Å²) in [5, 5.41) is 10.7. The third-order valence-electron chi connectivity index (χ3n) is 6.15. The minimum atomic E-state index is -0.00851. The largest absolute Gasteiger partial charge is 0.497 e. The number of anilines is 3. The van der Waals surface area contributed by atoms with Crippen LogP contribution in [0.15, 0.2) is 42.6 Å². The van der Waals surface area contributed by atoms with E-state index in [0.717, 1.165) is 65.8 Å². The Morgan fingerprint density at radius 1 is 1.18 bits per heavy atom. The molecule has 1 fully saturated rings. The molecule has 0 saturated carbocycles. The Kier molecular flexibility index (Phi) is 6.93. The van der Waals surface area contributed by atoms with Crippen molar-refractivity contribution in [2.24, 2.45) is 7.05 Å². The number of ether oxygens (including phenoxy) is 1. The van der Waals surface area contributed by atoms with Crippen LogP contribution in [0, 0.1) is 13.8 Å². The zero-order valence-electron chi connectivity index (χ0n) is 19.8. The van der Waals surface area contributed by atoms with Crippen LogP contribution >= 0.6 is 0 Å². The van der Waals surface area contributed by atoms with Gasteiger partial charge >= 0.3 is 0 Å². The summed E-state index contributed by atoms with van der Waals surface area (Å²) in [6.45, 7) is 6.07. The van der Waals surface area contributed by atoms with Crippen LogP contribution in [0.2, 0.25) is 0 Å². The Bertz CT molecular complexity index is 1110. The van der Waals surface area contributed by atoms with E-state index in [9.17, 15) is 4.79 Å². The molecule has 1 aliphatic rings. The summed E-state index contributed by atoms with van der Waals surface area (Å²) in [6, 6.07) is 12.1. The molecule has 8 heteroatoms. The zero-order valence-corrected chi connectivity index (χ0v) is 19.8. The Morgan fingerprint density at radius 3 is 2.67 bits per heavy atom. The Balaban J connectivity index is 1.40. The maximum absolute atomic E-state index is 12.6. The number of pyridine rings is 1. The van der Waals surface area contributed by atoms with E-state index >= 15 is 0 Å². The van der Waals surface area contributed by atoms with Crippen molar-refractivity contribution in [1.82, 2.24) is 19.7 Å². The molecule has 0 unspecified atom stereocenters. The van der Waals surface area contributed by atoms with E-state index in [1.807, 2.05) is 45.2 Å². The number of hydrogen-bond acceptors (Lipinski definition) is 6. The molecule has 1 aliphatic heterocycles. The second-order valence-electron chi connectivity index (χ2n) is 8.67. The van der Waals surface area contributed by atoms with Gasteiger partial charge in [-0.15, -0.1) is 0 Å². The molecule has 0 bridgehead atoms. The highest BCUT2D eigenvalue weighted by Gasteiger charge is 2.24. The van der Waals surface area contributed by atoms with Gasteiger partial charge in [-0.25, -0.2) is 0 Å². The molecule has 3 aromatic rings. The van der Waals surface area contributed by atoms with Crippen LogP contribution in [0.5, 0.6) is 5.75 Å². The number of piperidine rings is 1.